The summed E-state index contributed by atoms with van der Waals surface area (Å²) in [6, 6.07) is 5.50. The van der Waals surface area contributed by atoms with E-state index < -0.39 is 0 Å². The van der Waals surface area contributed by atoms with Crippen molar-refractivity contribution in [1.29, 1.82) is 0 Å². The van der Waals surface area contributed by atoms with Crippen molar-refractivity contribution in [3.63, 3.8) is 0 Å². The van der Waals surface area contributed by atoms with Crippen LogP contribution in [0, 0.1) is 0 Å². The Hall–Kier alpha value is -1.20. The second kappa shape index (κ2) is 5.06. The Morgan fingerprint density at radius 3 is 2.95 bits per heavy atom. The van der Waals surface area contributed by atoms with Gasteiger partial charge in [-0.05, 0) is 38.4 Å². The van der Waals surface area contributed by atoms with E-state index in [1.54, 1.807) is 6.20 Å². The SMILES string of the molecule is CN1C2CCC1CN(c1ccnc(C(N)=S)c1)CC2. The van der Waals surface area contributed by atoms with Gasteiger partial charge in [0.15, 0.2) is 0 Å². The Bertz CT molecular complexity index is 490. The fraction of sp³-hybridized carbons (Fsp3) is 0.571. The maximum Gasteiger partial charge on any atom is 0.122 e. The van der Waals surface area contributed by atoms with Gasteiger partial charge in [0, 0.05) is 37.1 Å². The Morgan fingerprint density at radius 2 is 2.16 bits per heavy atom. The lowest BCUT2D eigenvalue weighted by molar-refractivity contribution is 0.254. The van der Waals surface area contributed by atoms with E-state index in [4.69, 9.17) is 18.0 Å². The fourth-order valence-corrected chi connectivity index (χ4v) is 3.41. The summed E-state index contributed by atoms with van der Waals surface area (Å²) in [6.45, 7) is 2.19. The van der Waals surface area contributed by atoms with Gasteiger partial charge in [0.25, 0.3) is 0 Å². The van der Waals surface area contributed by atoms with Gasteiger partial charge in [-0.15, -0.1) is 0 Å². The zero-order valence-corrected chi connectivity index (χ0v) is 12.1. The van der Waals surface area contributed by atoms with Gasteiger partial charge in [0.1, 0.15) is 4.99 Å². The molecule has 0 spiro atoms. The number of nitrogens with zero attached hydrogens (tertiary/aromatic N) is 3. The topological polar surface area (TPSA) is 45.4 Å². The van der Waals surface area contributed by atoms with Gasteiger partial charge in [-0.1, -0.05) is 12.2 Å². The number of rotatable bonds is 2. The first-order valence-corrected chi connectivity index (χ1v) is 7.28. The molecule has 2 unspecified atom stereocenters. The fourth-order valence-electron chi connectivity index (χ4n) is 3.29. The average molecular weight is 276 g/mol. The van der Waals surface area contributed by atoms with Crippen LogP contribution < -0.4 is 10.6 Å². The van der Waals surface area contributed by atoms with E-state index in [-0.39, 0.29) is 0 Å². The lowest BCUT2D eigenvalue weighted by atomic mass is 10.1. The molecular formula is C14H20N4S. The van der Waals surface area contributed by atoms with Gasteiger partial charge in [0.05, 0.1) is 5.69 Å². The van der Waals surface area contributed by atoms with Crippen molar-refractivity contribution < 1.29 is 0 Å². The lowest BCUT2D eigenvalue weighted by Crippen LogP contribution is -2.36. The number of hydrogen-bond acceptors (Lipinski definition) is 4. The summed E-state index contributed by atoms with van der Waals surface area (Å²) in [5.41, 5.74) is 7.58. The van der Waals surface area contributed by atoms with Gasteiger partial charge < -0.3 is 10.6 Å². The predicted octanol–water partition coefficient (Wildman–Crippen LogP) is 1.39. The highest BCUT2D eigenvalue weighted by Crippen LogP contribution is 2.30. The van der Waals surface area contributed by atoms with Crippen LogP contribution in [0.15, 0.2) is 18.3 Å². The third-order valence-electron chi connectivity index (χ3n) is 4.51. The highest BCUT2D eigenvalue weighted by molar-refractivity contribution is 7.80. The van der Waals surface area contributed by atoms with Crippen molar-refractivity contribution in [2.24, 2.45) is 5.73 Å². The number of likely N-dealkylation sites (N-methyl/N-ethyl adjacent to an activating group) is 1. The standard InChI is InChI=1S/C14H20N4S/c1-17-10-2-3-12(17)9-18(7-5-10)11-4-6-16-13(8-11)14(15)19/h4,6,8,10,12H,2-3,5,7,9H2,1H3,(H2,15,19). The first kappa shape index (κ1) is 12.8. The average Bonchev–Trinajstić information content (AvgIpc) is 2.63. The smallest absolute Gasteiger partial charge is 0.122 e. The monoisotopic (exact) mass is 276 g/mol. The predicted molar refractivity (Wildman–Crippen MR) is 81.5 cm³/mol. The molecule has 1 aromatic heterocycles. The van der Waals surface area contributed by atoms with E-state index in [1.807, 2.05) is 6.07 Å². The van der Waals surface area contributed by atoms with E-state index in [0.717, 1.165) is 24.8 Å². The van der Waals surface area contributed by atoms with Gasteiger partial charge in [-0.3, -0.25) is 9.88 Å². The molecule has 0 amide bonds. The summed E-state index contributed by atoms with van der Waals surface area (Å²) >= 11 is 5.01. The van der Waals surface area contributed by atoms with Crippen molar-refractivity contribution in [3.8, 4) is 0 Å². The van der Waals surface area contributed by atoms with E-state index in [9.17, 15) is 0 Å². The second-order valence-electron chi connectivity index (χ2n) is 5.55. The van der Waals surface area contributed by atoms with Crippen LogP contribution in [0.5, 0.6) is 0 Å². The second-order valence-corrected chi connectivity index (χ2v) is 5.99. The van der Waals surface area contributed by atoms with E-state index in [0.29, 0.717) is 11.0 Å². The number of pyridine rings is 1. The van der Waals surface area contributed by atoms with E-state index in [2.05, 4.69) is 27.9 Å². The van der Waals surface area contributed by atoms with E-state index in [1.165, 1.54) is 24.9 Å². The summed E-state index contributed by atoms with van der Waals surface area (Å²) < 4.78 is 0. The van der Waals surface area contributed by atoms with Crippen LogP contribution in [0.4, 0.5) is 5.69 Å². The minimum Gasteiger partial charge on any atom is -0.388 e. The molecule has 0 saturated carbocycles. The van der Waals surface area contributed by atoms with Gasteiger partial charge >= 0.3 is 0 Å². The molecule has 2 saturated heterocycles. The van der Waals surface area contributed by atoms with E-state index >= 15 is 0 Å². The maximum absolute atomic E-state index is 5.67. The van der Waals surface area contributed by atoms with Crippen LogP contribution in [-0.2, 0) is 0 Å². The van der Waals surface area contributed by atoms with Crippen LogP contribution in [0.1, 0.15) is 25.0 Å². The Kier molecular flexibility index (Phi) is 3.41. The highest BCUT2D eigenvalue weighted by atomic mass is 32.1. The maximum atomic E-state index is 5.67. The number of nitrogens with two attached hydrogens (primary N) is 1. The summed E-state index contributed by atoms with van der Waals surface area (Å²) in [4.78, 5) is 9.59. The number of aromatic nitrogens is 1. The van der Waals surface area contributed by atoms with Crippen molar-refractivity contribution in [2.75, 3.05) is 25.0 Å². The zero-order valence-electron chi connectivity index (χ0n) is 11.2. The van der Waals surface area contributed by atoms with Crippen LogP contribution in [-0.4, -0.2) is 47.1 Å². The molecule has 3 rings (SSSR count). The van der Waals surface area contributed by atoms with Crippen LogP contribution >= 0.6 is 12.2 Å². The Labute approximate surface area is 119 Å². The molecule has 5 heteroatoms. The molecule has 0 aliphatic carbocycles. The Morgan fingerprint density at radius 1 is 1.37 bits per heavy atom. The summed E-state index contributed by atoms with van der Waals surface area (Å²) in [7, 11) is 2.26. The summed E-state index contributed by atoms with van der Waals surface area (Å²) in [6.07, 6.45) is 5.70. The summed E-state index contributed by atoms with van der Waals surface area (Å²) in [5, 5.41) is 0. The zero-order chi connectivity index (χ0) is 13.4. The molecule has 2 N–H and O–H groups in total. The normalized spacial score (nSPS) is 27.3. The lowest BCUT2D eigenvalue weighted by Gasteiger charge is -2.27. The molecular weight excluding hydrogens is 256 g/mol. The molecule has 19 heavy (non-hydrogen) atoms. The molecule has 2 bridgehead atoms. The molecule has 3 heterocycles. The molecule has 2 aliphatic rings. The number of fused-ring (bicyclic) bond motifs is 2. The van der Waals surface area contributed by atoms with Gasteiger partial charge in [-0.2, -0.15) is 0 Å². The number of anilines is 1. The van der Waals surface area contributed by atoms with Crippen LogP contribution in [0.3, 0.4) is 0 Å². The third kappa shape index (κ3) is 2.44. The first-order valence-electron chi connectivity index (χ1n) is 6.88. The van der Waals surface area contributed by atoms with Gasteiger partial charge in [0.2, 0.25) is 0 Å². The quantitative estimate of drug-likeness (QED) is 0.827. The number of hydrogen-bond donors (Lipinski definition) is 1. The van der Waals surface area contributed by atoms with Crippen LogP contribution in [0.2, 0.25) is 0 Å². The molecule has 2 fully saturated rings. The summed E-state index contributed by atoms with van der Waals surface area (Å²) in [5.74, 6) is 0. The van der Waals surface area contributed by atoms with Crippen molar-refractivity contribution >= 4 is 22.9 Å². The molecule has 2 aliphatic heterocycles. The van der Waals surface area contributed by atoms with Crippen LogP contribution in [0.25, 0.3) is 0 Å². The minimum absolute atomic E-state index is 0.371. The third-order valence-corrected chi connectivity index (χ3v) is 4.72. The minimum atomic E-state index is 0.371. The largest absolute Gasteiger partial charge is 0.388 e. The van der Waals surface area contributed by atoms with Crippen molar-refractivity contribution in [3.05, 3.63) is 24.0 Å². The molecule has 0 aromatic carbocycles. The molecule has 4 nitrogen and oxygen atoms in total. The number of thiocarbonyl (C=S) groups is 1. The highest BCUT2D eigenvalue weighted by Gasteiger charge is 2.34. The molecule has 102 valence electrons. The Balaban J connectivity index is 1.82. The van der Waals surface area contributed by atoms with Crippen molar-refractivity contribution in [2.45, 2.75) is 31.3 Å². The van der Waals surface area contributed by atoms with Gasteiger partial charge in [-0.25, -0.2) is 0 Å². The molecule has 0 radical (unpaired) electrons. The molecule has 2 atom stereocenters. The van der Waals surface area contributed by atoms with Crippen molar-refractivity contribution in [1.82, 2.24) is 9.88 Å². The molecule has 1 aromatic rings. The first-order chi connectivity index (χ1) is 9.15.